The Hall–Kier alpha value is -7.99. The third-order valence-corrected chi connectivity index (χ3v) is 13.5. The first-order chi connectivity index (χ1) is 30.7. The maximum Gasteiger partial charge on any atom is 0.164 e. The van der Waals surface area contributed by atoms with Crippen LogP contribution in [-0.4, -0.2) is 15.0 Å². The lowest BCUT2D eigenvalue weighted by Crippen LogP contribution is -2.00. The molecular formula is C57H33N3OS. The zero-order chi connectivity index (χ0) is 40.7. The number of rotatable bonds is 5. The van der Waals surface area contributed by atoms with Crippen LogP contribution in [0, 0.1) is 0 Å². The third kappa shape index (κ3) is 5.56. The minimum absolute atomic E-state index is 0.596. The molecule has 0 fully saturated rings. The van der Waals surface area contributed by atoms with Gasteiger partial charge in [-0.15, -0.1) is 11.3 Å². The monoisotopic (exact) mass is 807 g/mol. The molecule has 3 aromatic heterocycles. The van der Waals surface area contributed by atoms with Crippen LogP contribution in [-0.2, 0) is 0 Å². The fraction of sp³-hybridized carbons (Fsp3) is 0. The van der Waals surface area contributed by atoms with E-state index in [0.717, 1.165) is 44.2 Å². The van der Waals surface area contributed by atoms with Crippen LogP contribution in [0.2, 0.25) is 0 Å². The molecule has 288 valence electrons. The number of fused-ring (bicyclic) bond motifs is 12. The molecule has 5 heteroatoms. The summed E-state index contributed by atoms with van der Waals surface area (Å²) >= 11 is 1.85. The number of para-hydroxylation sites is 1. The number of furan rings is 1. The maximum absolute atomic E-state index is 6.25. The van der Waals surface area contributed by atoms with Crippen LogP contribution in [0.4, 0.5) is 0 Å². The van der Waals surface area contributed by atoms with E-state index < -0.39 is 0 Å². The molecule has 0 saturated heterocycles. The van der Waals surface area contributed by atoms with E-state index in [0.29, 0.717) is 17.5 Å². The largest absolute Gasteiger partial charge is 0.456 e. The van der Waals surface area contributed by atoms with Gasteiger partial charge in [-0.2, -0.15) is 0 Å². The van der Waals surface area contributed by atoms with E-state index >= 15 is 0 Å². The number of benzene rings is 10. The Balaban J connectivity index is 0.906. The average Bonchev–Trinajstić information content (AvgIpc) is 3.92. The third-order valence-electron chi connectivity index (χ3n) is 12.3. The van der Waals surface area contributed by atoms with Gasteiger partial charge in [-0.3, -0.25) is 0 Å². The second kappa shape index (κ2) is 13.8. The summed E-state index contributed by atoms with van der Waals surface area (Å²) in [6.07, 6.45) is 0. The average molecular weight is 808 g/mol. The van der Waals surface area contributed by atoms with Gasteiger partial charge in [-0.25, -0.2) is 15.0 Å². The van der Waals surface area contributed by atoms with Crippen LogP contribution in [0.25, 0.3) is 131 Å². The van der Waals surface area contributed by atoms with Gasteiger partial charge < -0.3 is 4.42 Å². The van der Waals surface area contributed by atoms with Crippen LogP contribution in [0.1, 0.15) is 0 Å². The predicted molar refractivity (Wildman–Crippen MR) is 260 cm³/mol. The van der Waals surface area contributed by atoms with E-state index in [1.807, 2.05) is 65.9 Å². The molecule has 0 saturated carbocycles. The molecule has 0 amide bonds. The summed E-state index contributed by atoms with van der Waals surface area (Å²) in [5.41, 5.74) is 9.15. The summed E-state index contributed by atoms with van der Waals surface area (Å²) in [5, 5.41) is 12.4. The molecule has 13 rings (SSSR count). The van der Waals surface area contributed by atoms with Crippen molar-refractivity contribution in [1.29, 1.82) is 0 Å². The van der Waals surface area contributed by atoms with E-state index in [2.05, 4.69) is 146 Å². The SMILES string of the molecule is c1ccc(-c2nc(-c3ccc(-c4cccc5sc6ccc(-c7ccc8c9ccccc9c9ccccc9c8c7)cc6c45)cc3)nc(-c3ccc4c(c3)oc3ccccc34)n2)cc1. The topological polar surface area (TPSA) is 51.8 Å². The first-order valence-corrected chi connectivity index (χ1v) is 21.6. The second-order valence-electron chi connectivity index (χ2n) is 15.9. The molecule has 0 radical (unpaired) electrons. The normalized spacial score (nSPS) is 11.9. The van der Waals surface area contributed by atoms with Gasteiger partial charge in [-0.1, -0.05) is 158 Å². The Kier molecular flexibility index (Phi) is 7.74. The number of thiophene rings is 1. The highest BCUT2D eigenvalue weighted by Crippen LogP contribution is 2.43. The molecule has 0 spiro atoms. The van der Waals surface area contributed by atoms with E-state index in [1.165, 1.54) is 69.2 Å². The molecule has 0 bridgehead atoms. The fourth-order valence-corrected chi connectivity index (χ4v) is 10.5. The maximum atomic E-state index is 6.25. The van der Waals surface area contributed by atoms with Crippen molar-refractivity contribution in [3.05, 3.63) is 200 Å². The molecule has 0 aliphatic rings. The van der Waals surface area contributed by atoms with Crippen LogP contribution in [0.5, 0.6) is 0 Å². The summed E-state index contributed by atoms with van der Waals surface area (Å²) in [4.78, 5) is 15.1. The predicted octanol–water partition coefficient (Wildman–Crippen LogP) is 15.9. The Bertz CT molecular complexity index is 3890. The van der Waals surface area contributed by atoms with Crippen molar-refractivity contribution in [3.8, 4) is 56.4 Å². The molecule has 0 aliphatic carbocycles. The number of aromatic nitrogens is 3. The van der Waals surface area contributed by atoms with Crippen LogP contribution >= 0.6 is 11.3 Å². The summed E-state index contributed by atoms with van der Waals surface area (Å²) in [6.45, 7) is 0. The van der Waals surface area contributed by atoms with Gasteiger partial charge in [0.15, 0.2) is 17.5 Å². The summed E-state index contributed by atoms with van der Waals surface area (Å²) in [7, 11) is 0. The molecule has 0 aliphatic heterocycles. The quantitative estimate of drug-likeness (QED) is 0.163. The number of hydrogen-bond donors (Lipinski definition) is 0. The van der Waals surface area contributed by atoms with E-state index in [4.69, 9.17) is 19.4 Å². The Labute approximate surface area is 360 Å². The van der Waals surface area contributed by atoms with Gasteiger partial charge >= 0.3 is 0 Å². The molecule has 0 N–H and O–H groups in total. The highest BCUT2D eigenvalue weighted by molar-refractivity contribution is 7.26. The lowest BCUT2D eigenvalue weighted by Gasteiger charge is -2.12. The fourth-order valence-electron chi connectivity index (χ4n) is 9.35. The van der Waals surface area contributed by atoms with Gasteiger partial charge in [0.05, 0.1) is 0 Å². The van der Waals surface area contributed by atoms with Crippen LogP contribution in [0.15, 0.2) is 205 Å². The number of nitrogens with zero attached hydrogens (tertiary/aromatic N) is 3. The van der Waals surface area contributed by atoms with Gasteiger partial charge in [0.2, 0.25) is 0 Å². The lowest BCUT2D eigenvalue weighted by atomic mass is 9.91. The highest BCUT2D eigenvalue weighted by atomic mass is 32.1. The molecule has 10 aromatic carbocycles. The summed E-state index contributed by atoms with van der Waals surface area (Å²) in [5.74, 6) is 1.83. The Morgan fingerprint density at radius 2 is 0.790 bits per heavy atom. The molecule has 62 heavy (non-hydrogen) atoms. The number of hydrogen-bond acceptors (Lipinski definition) is 5. The first kappa shape index (κ1) is 34.8. The van der Waals surface area contributed by atoms with Crippen LogP contribution < -0.4 is 0 Å². The second-order valence-corrected chi connectivity index (χ2v) is 17.0. The minimum atomic E-state index is 0.596. The van der Waals surface area contributed by atoms with E-state index in [1.54, 1.807) is 0 Å². The highest BCUT2D eigenvalue weighted by Gasteiger charge is 2.17. The van der Waals surface area contributed by atoms with Crippen molar-refractivity contribution in [1.82, 2.24) is 15.0 Å². The van der Waals surface area contributed by atoms with E-state index in [9.17, 15) is 0 Å². The molecule has 0 unspecified atom stereocenters. The first-order valence-electron chi connectivity index (χ1n) is 20.8. The standard InChI is InChI=1S/C57H33N3OS/c1-2-11-35(12-3-1)55-58-56(60-57(59-55)39-26-29-47-46-17-8-9-19-50(46)61-51(47)33-39)36-23-21-34(22-24-36)40-18-10-20-53-54(40)49-32-38(27-30-52(49)62-53)37-25-28-45-43-15-5-4-13-41(43)42-14-6-7-16-44(42)48(45)31-37/h1-33H. The Morgan fingerprint density at radius 3 is 1.52 bits per heavy atom. The van der Waals surface area contributed by atoms with Gasteiger partial charge in [0.1, 0.15) is 11.2 Å². The molecule has 0 atom stereocenters. The lowest BCUT2D eigenvalue weighted by molar-refractivity contribution is 0.669. The molecular weight excluding hydrogens is 775 g/mol. The van der Waals surface area contributed by atoms with Crippen LogP contribution in [0.3, 0.4) is 0 Å². The van der Waals surface area contributed by atoms with Gasteiger partial charge in [0.25, 0.3) is 0 Å². The van der Waals surface area contributed by atoms with Gasteiger partial charge in [0, 0.05) is 47.6 Å². The smallest absolute Gasteiger partial charge is 0.164 e. The molecule has 3 heterocycles. The summed E-state index contributed by atoms with van der Waals surface area (Å²) < 4.78 is 8.80. The zero-order valence-corrected chi connectivity index (χ0v) is 34.0. The summed E-state index contributed by atoms with van der Waals surface area (Å²) in [6, 6.07) is 71.2. The van der Waals surface area contributed by atoms with Crippen molar-refractivity contribution < 1.29 is 4.42 Å². The van der Waals surface area contributed by atoms with Crippen molar-refractivity contribution in [2.24, 2.45) is 0 Å². The van der Waals surface area contributed by atoms with Crippen molar-refractivity contribution in [2.45, 2.75) is 0 Å². The van der Waals surface area contributed by atoms with Crippen molar-refractivity contribution >= 4 is 85.8 Å². The van der Waals surface area contributed by atoms with Crippen molar-refractivity contribution in [3.63, 3.8) is 0 Å². The van der Waals surface area contributed by atoms with Gasteiger partial charge in [-0.05, 0) is 97.0 Å². The molecule has 13 aromatic rings. The minimum Gasteiger partial charge on any atom is -0.456 e. The zero-order valence-electron chi connectivity index (χ0n) is 33.2. The Morgan fingerprint density at radius 1 is 0.290 bits per heavy atom. The molecule has 4 nitrogen and oxygen atoms in total. The van der Waals surface area contributed by atoms with E-state index in [-0.39, 0.29) is 0 Å². The van der Waals surface area contributed by atoms with Crippen molar-refractivity contribution in [2.75, 3.05) is 0 Å².